The van der Waals surface area contributed by atoms with Gasteiger partial charge in [0.15, 0.2) is 17.5 Å². The van der Waals surface area contributed by atoms with Gasteiger partial charge in [-0.2, -0.15) is 0 Å². The maximum atomic E-state index is 6.41. The zero-order valence-electron chi connectivity index (χ0n) is 26.7. The Kier molecular flexibility index (Phi) is 6.42. The molecule has 10 rings (SSSR count). The van der Waals surface area contributed by atoms with Crippen LogP contribution in [-0.2, 0) is 0 Å². The molecule has 0 aliphatic rings. The van der Waals surface area contributed by atoms with Crippen LogP contribution < -0.4 is 0 Å². The van der Waals surface area contributed by atoms with Crippen LogP contribution in [0.5, 0.6) is 0 Å². The Labute approximate surface area is 287 Å². The minimum Gasteiger partial charge on any atom is -0.456 e. The molecule has 0 bridgehead atoms. The maximum absolute atomic E-state index is 6.41. The molecular weight excluding hydrogens is 615 g/mol. The minimum absolute atomic E-state index is 0.558. The number of rotatable bonds is 5. The average molecular weight is 642 g/mol. The average Bonchev–Trinajstić information content (AvgIpc) is 3.75. The lowest BCUT2D eigenvalue weighted by atomic mass is 9.95. The fraction of sp³-hybridized carbons (Fsp3) is 0. The van der Waals surface area contributed by atoms with Crippen molar-refractivity contribution in [1.82, 2.24) is 15.0 Å². The van der Waals surface area contributed by atoms with Gasteiger partial charge >= 0.3 is 0 Å². The van der Waals surface area contributed by atoms with E-state index in [1.165, 1.54) is 0 Å². The highest BCUT2D eigenvalue weighted by atomic mass is 16.3. The van der Waals surface area contributed by atoms with Crippen molar-refractivity contribution in [3.63, 3.8) is 0 Å². The first kappa shape index (κ1) is 28.2. The Morgan fingerprint density at radius 1 is 0.280 bits per heavy atom. The van der Waals surface area contributed by atoms with Crippen molar-refractivity contribution < 1.29 is 8.83 Å². The van der Waals surface area contributed by atoms with Crippen LogP contribution in [-0.4, -0.2) is 15.0 Å². The summed E-state index contributed by atoms with van der Waals surface area (Å²) < 4.78 is 12.7. The second-order valence-electron chi connectivity index (χ2n) is 12.4. The molecule has 0 fully saturated rings. The van der Waals surface area contributed by atoms with Crippen LogP contribution in [0.3, 0.4) is 0 Å². The van der Waals surface area contributed by atoms with Crippen molar-refractivity contribution in [3.8, 4) is 56.4 Å². The van der Waals surface area contributed by atoms with Gasteiger partial charge in [0.2, 0.25) is 0 Å². The molecule has 50 heavy (non-hydrogen) atoms. The van der Waals surface area contributed by atoms with Crippen LogP contribution in [0.25, 0.3) is 100 Å². The van der Waals surface area contributed by atoms with E-state index >= 15 is 0 Å². The van der Waals surface area contributed by atoms with E-state index < -0.39 is 0 Å². The lowest BCUT2D eigenvalue weighted by Crippen LogP contribution is -2.01. The molecule has 5 nitrogen and oxygen atoms in total. The van der Waals surface area contributed by atoms with Gasteiger partial charge in [-0.3, -0.25) is 0 Å². The van der Waals surface area contributed by atoms with Gasteiger partial charge in [0.1, 0.15) is 22.3 Å². The first-order valence-electron chi connectivity index (χ1n) is 16.6. The first-order valence-corrected chi connectivity index (χ1v) is 16.6. The van der Waals surface area contributed by atoms with E-state index in [4.69, 9.17) is 23.8 Å². The summed E-state index contributed by atoms with van der Waals surface area (Å²) in [6.45, 7) is 0. The Balaban J connectivity index is 1.21. The molecule has 0 saturated heterocycles. The molecule has 0 spiro atoms. The lowest BCUT2D eigenvalue weighted by molar-refractivity contribution is 0.669. The number of fused-ring (bicyclic) bond motifs is 6. The second kappa shape index (κ2) is 11.4. The van der Waals surface area contributed by atoms with E-state index in [9.17, 15) is 0 Å². The Morgan fingerprint density at radius 2 is 0.740 bits per heavy atom. The van der Waals surface area contributed by atoms with Crippen LogP contribution in [0.15, 0.2) is 173 Å². The molecule has 7 aromatic carbocycles. The third-order valence-electron chi connectivity index (χ3n) is 9.37. The summed E-state index contributed by atoms with van der Waals surface area (Å²) in [5, 5.41) is 4.25. The summed E-state index contributed by atoms with van der Waals surface area (Å²) in [6.07, 6.45) is 0. The van der Waals surface area contributed by atoms with E-state index in [1.807, 2.05) is 72.8 Å². The third kappa shape index (κ3) is 4.75. The fourth-order valence-electron chi connectivity index (χ4n) is 6.87. The van der Waals surface area contributed by atoms with Gasteiger partial charge in [-0.05, 0) is 58.7 Å². The van der Waals surface area contributed by atoms with E-state index in [0.717, 1.165) is 82.8 Å². The fourth-order valence-corrected chi connectivity index (χ4v) is 6.87. The number of hydrogen-bond donors (Lipinski definition) is 0. The maximum Gasteiger partial charge on any atom is 0.164 e. The molecule has 0 radical (unpaired) electrons. The highest BCUT2D eigenvalue weighted by Crippen LogP contribution is 2.41. The van der Waals surface area contributed by atoms with Crippen molar-refractivity contribution in [2.45, 2.75) is 0 Å². The van der Waals surface area contributed by atoms with Crippen LogP contribution in [0.1, 0.15) is 0 Å². The van der Waals surface area contributed by atoms with Crippen molar-refractivity contribution in [3.05, 3.63) is 164 Å². The molecule has 5 heteroatoms. The van der Waals surface area contributed by atoms with E-state index in [1.54, 1.807) is 0 Å². The molecular formula is C45H27N3O2. The molecule has 10 aromatic rings. The van der Waals surface area contributed by atoms with Crippen LogP contribution >= 0.6 is 0 Å². The molecule has 0 N–H and O–H groups in total. The summed E-state index contributed by atoms with van der Waals surface area (Å²) in [7, 11) is 0. The summed E-state index contributed by atoms with van der Waals surface area (Å²) >= 11 is 0. The molecule has 234 valence electrons. The number of benzene rings is 7. The monoisotopic (exact) mass is 641 g/mol. The van der Waals surface area contributed by atoms with Crippen LogP contribution in [0.2, 0.25) is 0 Å². The van der Waals surface area contributed by atoms with Crippen LogP contribution in [0.4, 0.5) is 0 Å². The molecule has 0 atom stereocenters. The van der Waals surface area contributed by atoms with Gasteiger partial charge < -0.3 is 8.83 Å². The SMILES string of the molecule is c1ccc(-c2ccc(-c3nc(-c4ccccc4)nc(-c4cc5oc6ccccc6c5cc4-c4ccc5c(c4)oc4ccccc45)n3)cc2)cc1. The topological polar surface area (TPSA) is 65.0 Å². The Bertz CT molecular complexity index is 2850. The second-order valence-corrected chi connectivity index (χ2v) is 12.4. The van der Waals surface area contributed by atoms with E-state index in [0.29, 0.717) is 17.5 Å². The summed E-state index contributed by atoms with van der Waals surface area (Å²) in [5.74, 6) is 1.75. The normalized spacial score (nSPS) is 11.6. The standard InChI is InChI=1S/C45H27N3O2/c1-3-11-28(12-4-1)29-19-21-31(22-20-29)44-46-43(30-13-5-2-6-14-30)47-45(48-44)38-27-42-37(34-16-8-10-18-40(34)50-42)26-36(38)32-23-24-35-33-15-7-9-17-39(33)49-41(35)25-32/h1-27H. The van der Waals surface area contributed by atoms with Crippen molar-refractivity contribution in [1.29, 1.82) is 0 Å². The lowest BCUT2D eigenvalue weighted by Gasteiger charge is -2.13. The molecule has 0 saturated carbocycles. The largest absolute Gasteiger partial charge is 0.456 e. The summed E-state index contributed by atoms with van der Waals surface area (Å²) in [6, 6.07) is 55.8. The molecule has 0 aliphatic heterocycles. The zero-order chi connectivity index (χ0) is 33.0. The number of aromatic nitrogens is 3. The molecule has 3 aromatic heterocycles. The number of para-hydroxylation sites is 2. The Hall–Kier alpha value is -6.85. The van der Waals surface area contributed by atoms with Gasteiger partial charge in [-0.25, -0.2) is 15.0 Å². The van der Waals surface area contributed by atoms with Gasteiger partial charge in [-0.1, -0.05) is 127 Å². The highest BCUT2D eigenvalue weighted by molar-refractivity contribution is 6.10. The Morgan fingerprint density at radius 3 is 1.42 bits per heavy atom. The van der Waals surface area contributed by atoms with Gasteiger partial charge in [-0.15, -0.1) is 0 Å². The van der Waals surface area contributed by atoms with E-state index in [-0.39, 0.29) is 0 Å². The van der Waals surface area contributed by atoms with Crippen molar-refractivity contribution in [2.24, 2.45) is 0 Å². The first-order chi connectivity index (χ1) is 24.7. The highest BCUT2D eigenvalue weighted by Gasteiger charge is 2.20. The number of furan rings is 2. The zero-order valence-corrected chi connectivity index (χ0v) is 26.7. The van der Waals surface area contributed by atoms with Crippen molar-refractivity contribution >= 4 is 43.9 Å². The summed E-state index contributed by atoms with van der Waals surface area (Å²) in [5.41, 5.74) is 10.2. The van der Waals surface area contributed by atoms with Gasteiger partial charge in [0.25, 0.3) is 0 Å². The number of hydrogen-bond acceptors (Lipinski definition) is 5. The van der Waals surface area contributed by atoms with Crippen molar-refractivity contribution in [2.75, 3.05) is 0 Å². The molecule has 0 amide bonds. The van der Waals surface area contributed by atoms with Crippen LogP contribution in [0, 0.1) is 0 Å². The summed E-state index contributed by atoms with van der Waals surface area (Å²) in [4.78, 5) is 15.3. The molecule has 0 unspecified atom stereocenters. The third-order valence-corrected chi connectivity index (χ3v) is 9.37. The minimum atomic E-state index is 0.558. The van der Waals surface area contributed by atoms with Gasteiger partial charge in [0.05, 0.1) is 0 Å². The van der Waals surface area contributed by atoms with Gasteiger partial charge in [0, 0.05) is 38.2 Å². The molecule has 0 aliphatic carbocycles. The predicted octanol–water partition coefficient (Wildman–Crippen LogP) is 12.0. The smallest absolute Gasteiger partial charge is 0.164 e. The quantitative estimate of drug-likeness (QED) is 0.187. The number of nitrogens with zero attached hydrogens (tertiary/aromatic N) is 3. The predicted molar refractivity (Wildman–Crippen MR) is 202 cm³/mol. The van der Waals surface area contributed by atoms with E-state index in [2.05, 4.69) is 91.0 Å². The molecule has 3 heterocycles.